The summed E-state index contributed by atoms with van der Waals surface area (Å²) in [5, 5.41) is 3.25. The van der Waals surface area contributed by atoms with Gasteiger partial charge in [-0.3, -0.25) is 9.59 Å². The molecule has 2 amide bonds. The van der Waals surface area contributed by atoms with Crippen molar-refractivity contribution in [2.75, 3.05) is 7.05 Å². The van der Waals surface area contributed by atoms with Crippen LogP contribution in [-0.4, -0.2) is 35.8 Å². The molecule has 0 spiro atoms. The highest BCUT2D eigenvalue weighted by Gasteiger charge is 2.43. The molecule has 0 unspecified atom stereocenters. The average Bonchev–Trinajstić information content (AvgIpc) is 3.42. The van der Waals surface area contributed by atoms with Crippen molar-refractivity contribution in [3.05, 3.63) is 24.8 Å². The third-order valence-corrected chi connectivity index (χ3v) is 6.42. The molecule has 3 saturated carbocycles. The molecule has 0 saturated heterocycles. The fourth-order valence-electron chi connectivity index (χ4n) is 4.53. The highest BCUT2D eigenvalue weighted by Crippen LogP contribution is 2.39. The molecule has 1 N–H and O–H groups in total. The van der Waals surface area contributed by atoms with Crippen molar-refractivity contribution in [2.45, 2.75) is 69.9 Å². The smallest absolute Gasteiger partial charge is 0.225 e. The minimum atomic E-state index is 0.0971. The molecule has 0 aromatic carbocycles. The van der Waals surface area contributed by atoms with E-state index in [1.807, 2.05) is 18.0 Å². The summed E-state index contributed by atoms with van der Waals surface area (Å²) in [6.07, 6.45) is 10.8. The predicted molar refractivity (Wildman–Crippen MR) is 99.8 cm³/mol. The first-order chi connectivity index (χ1) is 12.0. The van der Waals surface area contributed by atoms with E-state index in [9.17, 15) is 9.59 Å². The van der Waals surface area contributed by atoms with Crippen molar-refractivity contribution in [2.24, 2.45) is 17.8 Å². The molecular weight excluding hydrogens is 312 g/mol. The van der Waals surface area contributed by atoms with Gasteiger partial charge in [-0.1, -0.05) is 31.1 Å². The average molecular weight is 344 g/mol. The lowest BCUT2D eigenvalue weighted by Crippen LogP contribution is -2.55. The van der Waals surface area contributed by atoms with Gasteiger partial charge in [0.1, 0.15) is 0 Å². The van der Waals surface area contributed by atoms with Gasteiger partial charge in [-0.25, -0.2) is 0 Å². The van der Waals surface area contributed by atoms with E-state index in [1.165, 1.54) is 5.57 Å². The number of hydrogen-bond acceptors (Lipinski definition) is 2. The molecule has 0 aliphatic heterocycles. The van der Waals surface area contributed by atoms with Crippen molar-refractivity contribution in [1.82, 2.24) is 10.2 Å². The number of nitrogens with one attached hydrogen (secondary N) is 1. The Morgan fingerprint density at radius 3 is 2.48 bits per heavy atom. The Balaban J connectivity index is 1.59. The summed E-state index contributed by atoms with van der Waals surface area (Å²) < 4.78 is 0. The lowest BCUT2D eigenvalue weighted by molar-refractivity contribution is -0.139. The van der Waals surface area contributed by atoms with Crippen molar-refractivity contribution >= 4 is 11.8 Å². The molecule has 3 fully saturated rings. The monoisotopic (exact) mass is 344 g/mol. The molecule has 0 aromatic rings. The summed E-state index contributed by atoms with van der Waals surface area (Å²) in [5.74, 6) is 0.982. The molecule has 0 aromatic heterocycles. The fraction of sp³-hybridized carbons (Fsp3) is 0.714. The molecule has 25 heavy (non-hydrogen) atoms. The van der Waals surface area contributed by atoms with Crippen LogP contribution in [0.2, 0.25) is 0 Å². The van der Waals surface area contributed by atoms with Gasteiger partial charge in [0.2, 0.25) is 11.8 Å². The summed E-state index contributed by atoms with van der Waals surface area (Å²) in [6.45, 7) is 7.83. The highest BCUT2D eigenvalue weighted by molar-refractivity contribution is 5.83. The normalized spacial score (nSPS) is 32.8. The Morgan fingerprint density at radius 1 is 1.16 bits per heavy atom. The van der Waals surface area contributed by atoms with E-state index in [1.54, 1.807) is 0 Å². The van der Waals surface area contributed by atoms with E-state index >= 15 is 0 Å². The van der Waals surface area contributed by atoms with Crippen LogP contribution in [0.15, 0.2) is 24.8 Å². The molecule has 138 valence electrons. The highest BCUT2D eigenvalue weighted by atomic mass is 16.2. The van der Waals surface area contributed by atoms with Gasteiger partial charge in [0.15, 0.2) is 0 Å². The van der Waals surface area contributed by atoms with Gasteiger partial charge < -0.3 is 10.2 Å². The number of amides is 2. The Kier molecular flexibility index (Phi) is 5.65. The Hall–Kier alpha value is -1.58. The van der Waals surface area contributed by atoms with E-state index in [0.717, 1.165) is 57.8 Å². The molecule has 3 aliphatic carbocycles. The van der Waals surface area contributed by atoms with Crippen LogP contribution in [0, 0.1) is 17.8 Å². The predicted octanol–water partition coefficient (Wildman–Crippen LogP) is 3.44. The van der Waals surface area contributed by atoms with Crippen molar-refractivity contribution in [3.8, 4) is 0 Å². The second kappa shape index (κ2) is 7.76. The standard InChI is InChI=1S/C21H32N2O2/c1-4-15-13-17(15)20(24)22-18-7-5-6-8-19(18)23(3)21(25)16-11-9-14(2)10-12-16/h4,15-19H,1-2,5-13H2,3H3,(H,22,24)/t15-,17+,18-,19+/m0/s1. The zero-order valence-electron chi connectivity index (χ0n) is 15.5. The fourth-order valence-corrected chi connectivity index (χ4v) is 4.53. The first-order valence-electron chi connectivity index (χ1n) is 9.87. The molecule has 4 nitrogen and oxygen atoms in total. The van der Waals surface area contributed by atoms with Gasteiger partial charge in [-0.15, -0.1) is 6.58 Å². The van der Waals surface area contributed by atoms with Crippen molar-refractivity contribution in [3.63, 3.8) is 0 Å². The largest absolute Gasteiger partial charge is 0.351 e. The van der Waals surface area contributed by atoms with Gasteiger partial charge in [0.25, 0.3) is 0 Å². The van der Waals surface area contributed by atoms with Crippen molar-refractivity contribution in [1.29, 1.82) is 0 Å². The molecule has 0 radical (unpaired) electrons. The van der Waals surface area contributed by atoms with Gasteiger partial charge >= 0.3 is 0 Å². The third kappa shape index (κ3) is 4.16. The van der Waals surface area contributed by atoms with Gasteiger partial charge in [-0.05, 0) is 50.9 Å². The quantitative estimate of drug-likeness (QED) is 0.777. The Morgan fingerprint density at radius 2 is 1.84 bits per heavy atom. The topological polar surface area (TPSA) is 49.4 Å². The van der Waals surface area contributed by atoms with Crippen LogP contribution in [0.1, 0.15) is 57.8 Å². The molecule has 0 heterocycles. The molecule has 3 aliphatic rings. The SMILES string of the molecule is C=C[C@H]1C[C@H]1C(=O)N[C@H]1CCCC[C@H]1N(C)C(=O)C1CCC(=C)CC1. The third-order valence-electron chi connectivity index (χ3n) is 6.42. The number of carbonyl (C=O) groups excluding carboxylic acids is 2. The van der Waals surface area contributed by atoms with Gasteiger partial charge in [-0.2, -0.15) is 0 Å². The van der Waals surface area contributed by atoms with Gasteiger partial charge in [0.05, 0.1) is 6.04 Å². The lowest BCUT2D eigenvalue weighted by atomic mass is 9.84. The van der Waals surface area contributed by atoms with Crippen LogP contribution in [0.4, 0.5) is 0 Å². The maximum atomic E-state index is 13.0. The Bertz CT molecular complexity index is 546. The molecule has 3 rings (SSSR count). The van der Waals surface area contributed by atoms with Crippen LogP contribution >= 0.6 is 0 Å². The van der Waals surface area contributed by atoms with Crippen LogP contribution in [-0.2, 0) is 9.59 Å². The maximum Gasteiger partial charge on any atom is 0.225 e. The van der Waals surface area contributed by atoms with Crippen LogP contribution in [0.3, 0.4) is 0 Å². The number of rotatable bonds is 5. The van der Waals surface area contributed by atoms with Crippen LogP contribution in [0.5, 0.6) is 0 Å². The van der Waals surface area contributed by atoms with E-state index in [0.29, 0.717) is 5.92 Å². The summed E-state index contributed by atoms with van der Waals surface area (Å²) in [4.78, 5) is 27.3. The second-order valence-corrected chi connectivity index (χ2v) is 8.18. The summed E-state index contributed by atoms with van der Waals surface area (Å²) in [6, 6.07) is 0.232. The zero-order valence-corrected chi connectivity index (χ0v) is 15.5. The van der Waals surface area contributed by atoms with Crippen LogP contribution in [0.25, 0.3) is 0 Å². The molecular formula is C21H32N2O2. The number of nitrogens with zero attached hydrogens (tertiary/aromatic N) is 1. The molecule has 0 bridgehead atoms. The summed E-state index contributed by atoms with van der Waals surface area (Å²) >= 11 is 0. The summed E-state index contributed by atoms with van der Waals surface area (Å²) in [5.41, 5.74) is 1.27. The van der Waals surface area contributed by atoms with Crippen LogP contribution < -0.4 is 5.32 Å². The minimum Gasteiger partial charge on any atom is -0.351 e. The number of likely N-dealkylation sites (N-methyl/N-ethyl adjacent to an activating group) is 1. The van der Waals surface area contributed by atoms with Gasteiger partial charge in [0, 0.05) is 24.9 Å². The second-order valence-electron chi connectivity index (χ2n) is 8.18. The van der Waals surface area contributed by atoms with E-state index in [-0.39, 0.29) is 35.7 Å². The maximum absolute atomic E-state index is 13.0. The number of hydrogen-bond donors (Lipinski definition) is 1. The number of carbonyl (C=O) groups is 2. The first-order valence-corrected chi connectivity index (χ1v) is 9.87. The molecule has 4 heteroatoms. The van der Waals surface area contributed by atoms with Crippen molar-refractivity contribution < 1.29 is 9.59 Å². The molecule has 4 atom stereocenters. The van der Waals surface area contributed by atoms with E-state index in [2.05, 4.69) is 18.5 Å². The lowest BCUT2D eigenvalue weighted by Gasteiger charge is -2.40. The van der Waals surface area contributed by atoms with E-state index < -0.39 is 0 Å². The summed E-state index contributed by atoms with van der Waals surface area (Å²) in [7, 11) is 1.94. The number of allylic oxidation sites excluding steroid dienone is 2. The minimum absolute atomic E-state index is 0.0971. The first kappa shape index (κ1) is 18.2. The van der Waals surface area contributed by atoms with E-state index in [4.69, 9.17) is 0 Å². The Labute approximate surface area is 151 Å². The zero-order chi connectivity index (χ0) is 18.0.